The zero-order valence-corrected chi connectivity index (χ0v) is 27.1. The topological polar surface area (TPSA) is 107 Å². The van der Waals surface area contributed by atoms with Crippen LogP contribution in [0.15, 0.2) is 17.8 Å². The van der Waals surface area contributed by atoms with Crippen LogP contribution in [-0.4, -0.2) is 54.3 Å². The summed E-state index contributed by atoms with van der Waals surface area (Å²) in [6.07, 6.45) is 7.89. The summed E-state index contributed by atoms with van der Waals surface area (Å²) >= 11 is 0.991. The normalized spacial score (nSPS) is 19.9. The van der Waals surface area contributed by atoms with Crippen molar-refractivity contribution in [3.05, 3.63) is 56.4 Å². The fraction of sp³-hybridized carbons (Fsp3) is 0.500. The number of benzene rings is 1. The molecule has 1 unspecified atom stereocenters. The van der Waals surface area contributed by atoms with Gasteiger partial charge < -0.3 is 19.9 Å². The predicted molar refractivity (Wildman–Crippen MR) is 172 cm³/mol. The van der Waals surface area contributed by atoms with Crippen molar-refractivity contribution < 1.29 is 23.0 Å². The number of nitrogen functional groups attached to an aromatic ring is 1. The van der Waals surface area contributed by atoms with Crippen LogP contribution in [0.5, 0.6) is 6.01 Å². The van der Waals surface area contributed by atoms with Gasteiger partial charge in [-0.15, -0.1) is 11.3 Å². The minimum atomic E-state index is -0.578. The summed E-state index contributed by atoms with van der Waals surface area (Å²) in [6, 6.07) is 2.69. The molecule has 2 aromatic heterocycles. The van der Waals surface area contributed by atoms with Crippen LogP contribution in [0.25, 0.3) is 22.3 Å². The molecule has 6 rings (SSSR count). The van der Waals surface area contributed by atoms with Crippen molar-refractivity contribution in [2.45, 2.75) is 72.1 Å². The van der Waals surface area contributed by atoms with Crippen molar-refractivity contribution >= 4 is 38.6 Å². The Labute approximate surface area is 266 Å². The van der Waals surface area contributed by atoms with Gasteiger partial charge in [0.1, 0.15) is 22.4 Å². The Morgan fingerprint density at radius 2 is 2.09 bits per heavy atom. The molecule has 3 aliphatic rings. The summed E-state index contributed by atoms with van der Waals surface area (Å²) in [6.45, 7) is 8.98. The largest absolute Gasteiger partial charge is 0.463 e. The molecule has 1 saturated heterocycles. The van der Waals surface area contributed by atoms with Crippen molar-refractivity contribution in [1.82, 2.24) is 14.9 Å². The van der Waals surface area contributed by atoms with E-state index in [4.69, 9.17) is 19.9 Å². The lowest BCUT2D eigenvalue weighted by atomic mass is 9.85. The van der Waals surface area contributed by atoms with Crippen molar-refractivity contribution in [1.29, 1.82) is 5.26 Å². The van der Waals surface area contributed by atoms with Crippen LogP contribution in [0, 0.1) is 22.6 Å². The van der Waals surface area contributed by atoms with Crippen LogP contribution in [0.1, 0.15) is 85.6 Å². The minimum absolute atomic E-state index is 0.0259. The number of likely N-dealkylation sites (tertiary alicyclic amines) is 1. The van der Waals surface area contributed by atoms with E-state index < -0.39 is 11.6 Å². The number of rotatable bonds is 11. The quantitative estimate of drug-likeness (QED) is 0.237. The summed E-state index contributed by atoms with van der Waals surface area (Å²) < 4.78 is 49.7. The number of anilines is 1. The smallest absolute Gasteiger partial charge is 0.317 e. The fourth-order valence-corrected chi connectivity index (χ4v) is 7.70. The molecule has 2 fully saturated rings. The van der Waals surface area contributed by atoms with Gasteiger partial charge in [-0.05, 0) is 69.2 Å². The average molecular weight is 636 g/mol. The first-order chi connectivity index (χ1) is 21.8. The number of thiophene rings is 1. The summed E-state index contributed by atoms with van der Waals surface area (Å²) in [5, 5.41) is 10.8. The average Bonchev–Trinajstić information content (AvgIpc) is 3.33. The molecule has 45 heavy (non-hydrogen) atoms. The van der Waals surface area contributed by atoms with Crippen LogP contribution >= 0.6 is 11.3 Å². The molecule has 1 aromatic carbocycles. The van der Waals surface area contributed by atoms with Crippen molar-refractivity contribution in [2.24, 2.45) is 5.41 Å². The first-order valence-electron chi connectivity index (χ1n) is 15.5. The molecule has 3 aromatic rings. The summed E-state index contributed by atoms with van der Waals surface area (Å²) in [4.78, 5) is 11.8. The Hall–Kier alpha value is -3.43. The Kier molecular flexibility index (Phi) is 8.94. The molecule has 1 saturated carbocycles. The molecule has 0 bridgehead atoms. The third-order valence-corrected chi connectivity index (χ3v) is 10.5. The zero-order chi connectivity index (χ0) is 31.9. The second-order valence-corrected chi connectivity index (χ2v) is 13.4. The van der Waals surface area contributed by atoms with E-state index >= 15 is 8.78 Å². The lowest BCUT2D eigenvalue weighted by Crippen LogP contribution is -2.39. The molecule has 11 heteroatoms. The second kappa shape index (κ2) is 12.8. The van der Waals surface area contributed by atoms with Crippen LogP contribution in [0.2, 0.25) is 0 Å². The molecule has 0 radical (unpaired) electrons. The third-order valence-electron chi connectivity index (χ3n) is 9.51. The maximum Gasteiger partial charge on any atom is 0.317 e. The zero-order valence-electron chi connectivity index (χ0n) is 26.3. The van der Waals surface area contributed by atoms with E-state index in [1.807, 2.05) is 13.8 Å². The van der Waals surface area contributed by atoms with Gasteiger partial charge in [0, 0.05) is 47.8 Å². The Morgan fingerprint density at radius 3 is 2.78 bits per heavy atom. The number of hydrogen-bond donors (Lipinski definition) is 1. The number of nitriles is 1. The van der Waals surface area contributed by atoms with E-state index in [1.54, 1.807) is 20.2 Å². The molecule has 0 spiro atoms. The van der Waals surface area contributed by atoms with Crippen molar-refractivity contribution in [3.8, 4) is 12.1 Å². The second-order valence-electron chi connectivity index (χ2n) is 12.4. The third kappa shape index (κ3) is 5.74. The van der Waals surface area contributed by atoms with Gasteiger partial charge in [0.15, 0.2) is 5.82 Å². The van der Waals surface area contributed by atoms with E-state index in [2.05, 4.69) is 20.9 Å². The summed E-state index contributed by atoms with van der Waals surface area (Å²) in [5.41, 5.74) is 9.72. The molecule has 4 heterocycles. The van der Waals surface area contributed by atoms with Gasteiger partial charge in [0.2, 0.25) is 0 Å². The Bertz CT molecular complexity index is 1740. The molecule has 0 amide bonds. The van der Waals surface area contributed by atoms with Gasteiger partial charge in [-0.2, -0.15) is 10.2 Å². The number of ether oxygens (including phenoxy) is 3. The highest BCUT2D eigenvalue weighted by atomic mass is 32.1. The highest BCUT2D eigenvalue weighted by Gasteiger charge is 2.46. The van der Waals surface area contributed by atoms with Crippen molar-refractivity contribution in [2.75, 3.05) is 39.1 Å². The number of hydrogen-bond acceptors (Lipinski definition) is 9. The SMILES string of the molecule is C/C=C(/F)c1sc(N)c(C#N)c1C(=C(C)CC)c1c2c(c3cnc(OCC4(CN5CCCC5COC)CC4)nc3c1F)COC2. The van der Waals surface area contributed by atoms with Gasteiger partial charge in [-0.25, -0.2) is 13.8 Å². The van der Waals surface area contributed by atoms with Crippen LogP contribution in [0.4, 0.5) is 13.8 Å². The lowest BCUT2D eigenvalue weighted by Gasteiger charge is -2.28. The fourth-order valence-electron chi connectivity index (χ4n) is 6.71. The minimum Gasteiger partial charge on any atom is -0.463 e. The van der Waals surface area contributed by atoms with E-state index in [0.717, 1.165) is 61.4 Å². The Balaban J connectivity index is 1.41. The van der Waals surface area contributed by atoms with Crippen LogP contribution < -0.4 is 10.5 Å². The summed E-state index contributed by atoms with van der Waals surface area (Å²) in [7, 11) is 1.75. The molecule has 1 atom stereocenters. The number of allylic oxidation sites excluding steroid dienone is 2. The molecule has 8 nitrogen and oxygen atoms in total. The van der Waals surface area contributed by atoms with Gasteiger partial charge in [0.05, 0.1) is 36.9 Å². The highest BCUT2D eigenvalue weighted by Crippen LogP contribution is 2.49. The van der Waals surface area contributed by atoms with Gasteiger partial charge in [-0.3, -0.25) is 4.90 Å². The number of methoxy groups -OCH3 is 1. The van der Waals surface area contributed by atoms with E-state index in [0.29, 0.717) is 41.2 Å². The van der Waals surface area contributed by atoms with Gasteiger partial charge in [0.25, 0.3) is 0 Å². The number of nitrogens with zero attached hydrogens (tertiary/aromatic N) is 4. The molecular formula is C34H39F2N5O3S. The molecule has 2 N–H and O–H groups in total. The van der Waals surface area contributed by atoms with Crippen molar-refractivity contribution in [3.63, 3.8) is 0 Å². The molecular weight excluding hydrogens is 596 g/mol. The number of nitrogens with two attached hydrogens (primary N) is 1. The molecule has 238 valence electrons. The standard InChI is InChI=1S/C34H39F2N5O3S/c1-5-19(3)26(28-21(12-37)32(38)45-31(28)25(35)6-2)27-24-16-43-15-23(24)22-13-39-33(40-30(22)29(27)36)44-18-34(9-10-34)17-41-11-7-8-20(41)14-42-4/h6,13,20H,5,7-11,14-18,38H2,1-4H3/b25-6+,26-19?. The van der Waals surface area contributed by atoms with Gasteiger partial charge in [-0.1, -0.05) is 18.6 Å². The highest BCUT2D eigenvalue weighted by molar-refractivity contribution is 7.17. The van der Waals surface area contributed by atoms with Crippen LogP contribution in [-0.2, 0) is 22.7 Å². The molecule has 2 aliphatic heterocycles. The Morgan fingerprint density at radius 1 is 1.31 bits per heavy atom. The number of fused-ring (bicyclic) bond motifs is 3. The van der Waals surface area contributed by atoms with Gasteiger partial charge >= 0.3 is 6.01 Å². The maximum atomic E-state index is 17.0. The van der Waals surface area contributed by atoms with E-state index in [9.17, 15) is 5.26 Å². The lowest BCUT2D eigenvalue weighted by molar-refractivity contribution is 0.0894. The van der Waals surface area contributed by atoms with E-state index in [-0.39, 0.29) is 51.2 Å². The summed E-state index contributed by atoms with van der Waals surface area (Å²) in [5.74, 6) is -1.10. The first kappa shape index (κ1) is 31.5. The predicted octanol–water partition coefficient (Wildman–Crippen LogP) is 7.15. The number of aromatic nitrogens is 2. The monoisotopic (exact) mass is 635 g/mol. The molecule has 1 aliphatic carbocycles. The van der Waals surface area contributed by atoms with Crippen LogP contribution in [0.3, 0.4) is 0 Å². The van der Waals surface area contributed by atoms with E-state index in [1.165, 1.54) is 12.5 Å². The first-order valence-corrected chi connectivity index (χ1v) is 16.4. The maximum absolute atomic E-state index is 17.0. The number of halogens is 2.